The van der Waals surface area contributed by atoms with E-state index in [1.807, 2.05) is 61.6 Å². The molecule has 4 rings (SSSR count). The maximum Gasteiger partial charge on any atom is 0.418 e. The van der Waals surface area contributed by atoms with Crippen molar-refractivity contribution >= 4 is 25.2 Å². The van der Waals surface area contributed by atoms with Crippen LogP contribution in [0.1, 0.15) is 11.1 Å². The van der Waals surface area contributed by atoms with Gasteiger partial charge in [0.1, 0.15) is 12.0 Å². The van der Waals surface area contributed by atoms with Crippen molar-refractivity contribution in [1.82, 2.24) is 0 Å². The summed E-state index contributed by atoms with van der Waals surface area (Å²) in [4.78, 5) is 2.14. The highest BCUT2D eigenvalue weighted by atomic mass is 31.1. The van der Waals surface area contributed by atoms with Gasteiger partial charge in [-0.2, -0.15) is 0 Å². The van der Waals surface area contributed by atoms with E-state index in [1.165, 1.54) is 0 Å². The minimum Gasteiger partial charge on any atom is -0.425 e. The van der Waals surface area contributed by atoms with Crippen LogP contribution in [0.25, 0.3) is 5.57 Å². The van der Waals surface area contributed by atoms with Crippen molar-refractivity contribution in [2.45, 2.75) is 0 Å². The standard InChI is InChI=1S/C21H18NO3P/c1-22-20-13-7-5-11-17(20)19(18-12-6-8-14-21(18)22)15-24-26(23)25-16-9-3-2-4-10-16/h2-15,26H,1H3. The molecule has 1 heterocycles. The molecule has 0 spiro atoms. The highest BCUT2D eigenvalue weighted by molar-refractivity contribution is 7.33. The number of hydrogen-bond acceptors (Lipinski definition) is 4. The third kappa shape index (κ3) is 3.12. The van der Waals surface area contributed by atoms with Gasteiger partial charge in [-0.25, -0.2) is 4.57 Å². The van der Waals surface area contributed by atoms with Crippen LogP contribution in [0, 0.1) is 0 Å². The first kappa shape index (κ1) is 16.5. The third-order valence-electron chi connectivity index (χ3n) is 4.33. The number of anilines is 2. The van der Waals surface area contributed by atoms with Gasteiger partial charge in [-0.05, 0) is 24.3 Å². The molecule has 3 aromatic carbocycles. The molecule has 0 bridgehead atoms. The lowest BCUT2D eigenvalue weighted by Gasteiger charge is -2.31. The van der Waals surface area contributed by atoms with E-state index in [0.29, 0.717) is 5.75 Å². The summed E-state index contributed by atoms with van der Waals surface area (Å²) in [6.07, 6.45) is 1.55. The van der Waals surface area contributed by atoms with Crippen molar-refractivity contribution in [2.75, 3.05) is 11.9 Å². The van der Waals surface area contributed by atoms with Crippen LogP contribution < -0.4 is 9.42 Å². The summed E-state index contributed by atoms with van der Waals surface area (Å²) in [5, 5.41) is 0. The molecule has 0 fully saturated rings. The second kappa shape index (κ2) is 7.11. The van der Waals surface area contributed by atoms with Gasteiger partial charge in [-0.15, -0.1) is 0 Å². The Morgan fingerprint density at radius 2 is 1.35 bits per heavy atom. The molecule has 1 unspecified atom stereocenters. The molecule has 26 heavy (non-hydrogen) atoms. The fourth-order valence-corrected chi connectivity index (χ4v) is 3.70. The summed E-state index contributed by atoms with van der Waals surface area (Å²) < 4.78 is 23.1. The molecule has 0 radical (unpaired) electrons. The molecule has 0 saturated carbocycles. The first-order chi connectivity index (χ1) is 12.7. The summed E-state index contributed by atoms with van der Waals surface area (Å²) in [7, 11) is -0.659. The molecule has 0 aromatic heterocycles. The SMILES string of the molecule is CN1c2ccccc2C(=CO[PH](=O)Oc2ccccc2)c2ccccc21. The monoisotopic (exact) mass is 363 g/mol. The fourth-order valence-electron chi connectivity index (χ4n) is 3.11. The Bertz CT molecular complexity index is 936. The van der Waals surface area contributed by atoms with E-state index >= 15 is 0 Å². The minimum absolute atomic E-state index is 0.527. The quantitative estimate of drug-likeness (QED) is 0.444. The largest absolute Gasteiger partial charge is 0.425 e. The van der Waals surface area contributed by atoms with E-state index < -0.39 is 8.25 Å². The molecule has 3 aromatic rings. The molecular weight excluding hydrogens is 345 g/mol. The molecule has 0 amide bonds. The van der Waals surface area contributed by atoms with E-state index in [9.17, 15) is 4.57 Å². The van der Waals surface area contributed by atoms with E-state index in [1.54, 1.807) is 18.4 Å². The van der Waals surface area contributed by atoms with Crippen LogP contribution in [0.2, 0.25) is 0 Å². The van der Waals surface area contributed by atoms with Gasteiger partial charge in [0.25, 0.3) is 0 Å². The Morgan fingerprint density at radius 3 is 1.96 bits per heavy atom. The summed E-state index contributed by atoms with van der Waals surface area (Å²) in [5.41, 5.74) is 5.10. The topological polar surface area (TPSA) is 38.8 Å². The highest BCUT2D eigenvalue weighted by Gasteiger charge is 2.23. The predicted octanol–water partition coefficient (Wildman–Crippen LogP) is 5.64. The maximum absolute atomic E-state index is 12.2. The number of fused-ring (bicyclic) bond motifs is 2. The van der Waals surface area contributed by atoms with Crippen molar-refractivity contribution in [3.8, 4) is 5.75 Å². The van der Waals surface area contributed by atoms with Gasteiger partial charge in [-0.1, -0.05) is 54.6 Å². The molecule has 1 aliphatic rings. The molecule has 1 atom stereocenters. The summed E-state index contributed by atoms with van der Waals surface area (Å²) in [6.45, 7) is 0. The Balaban J connectivity index is 1.66. The average Bonchev–Trinajstić information content (AvgIpc) is 2.69. The highest BCUT2D eigenvalue weighted by Crippen LogP contribution is 2.44. The van der Waals surface area contributed by atoms with Crippen LogP contribution in [0.5, 0.6) is 5.75 Å². The molecule has 1 aliphatic heterocycles. The molecule has 0 N–H and O–H groups in total. The van der Waals surface area contributed by atoms with Crippen LogP contribution in [-0.2, 0) is 9.09 Å². The zero-order valence-corrected chi connectivity index (χ0v) is 15.3. The first-order valence-electron chi connectivity index (χ1n) is 8.30. The molecule has 130 valence electrons. The normalized spacial score (nSPS) is 13.4. The Hall–Kier alpha value is -2.97. The maximum atomic E-state index is 12.2. The summed E-state index contributed by atoms with van der Waals surface area (Å²) in [6, 6.07) is 25.2. The first-order valence-corrected chi connectivity index (χ1v) is 9.53. The van der Waals surface area contributed by atoms with Gasteiger partial charge in [0.2, 0.25) is 0 Å². The van der Waals surface area contributed by atoms with Crippen LogP contribution in [0.4, 0.5) is 11.4 Å². The summed E-state index contributed by atoms with van der Waals surface area (Å²) >= 11 is 0. The second-order valence-electron chi connectivity index (χ2n) is 5.91. The minimum atomic E-state index is -2.70. The number of benzene rings is 3. The Labute approximate surface area is 153 Å². The van der Waals surface area contributed by atoms with Crippen molar-refractivity contribution in [3.63, 3.8) is 0 Å². The zero-order valence-electron chi connectivity index (χ0n) is 14.3. The molecule has 4 nitrogen and oxygen atoms in total. The van der Waals surface area contributed by atoms with Crippen molar-refractivity contribution in [2.24, 2.45) is 0 Å². The van der Waals surface area contributed by atoms with Gasteiger partial charge in [0.15, 0.2) is 0 Å². The van der Waals surface area contributed by atoms with E-state index in [-0.39, 0.29) is 0 Å². The second-order valence-corrected chi connectivity index (χ2v) is 6.85. The molecular formula is C21H18NO3P. The van der Waals surface area contributed by atoms with Crippen molar-refractivity contribution in [1.29, 1.82) is 0 Å². The van der Waals surface area contributed by atoms with E-state index in [0.717, 1.165) is 28.1 Å². The lowest BCUT2D eigenvalue weighted by atomic mass is 9.91. The molecule has 0 saturated heterocycles. The van der Waals surface area contributed by atoms with Gasteiger partial charge in [-0.3, -0.25) is 0 Å². The number of nitrogens with zero attached hydrogens (tertiary/aromatic N) is 1. The van der Waals surface area contributed by atoms with Crippen LogP contribution in [-0.4, -0.2) is 7.05 Å². The predicted molar refractivity (Wildman–Crippen MR) is 105 cm³/mol. The lowest BCUT2D eigenvalue weighted by Crippen LogP contribution is -2.17. The fraction of sp³-hybridized carbons (Fsp3) is 0.0476. The molecule has 5 heteroatoms. The number of hydrogen-bond donors (Lipinski definition) is 0. The number of rotatable bonds is 4. The van der Waals surface area contributed by atoms with E-state index in [4.69, 9.17) is 9.05 Å². The Morgan fingerprint density at radius 1 is 0.808 bits per heavy atom. The van der Waals surface area contributed by atoms with Gasteiger partial charge >= 0.3 is 8.25 Å². The van der Waals surface area contributed by atoms with Gasteiger partial charge < -0.3 is 13.9 Å². The van der Waals surface area contributed by atoms with Gasteiger partial charge in [0.05, 0.1) is 0 Å². The van der Waals surface area contributed by atoms with Crippen LogP contribution in [0.3, 0.4) is 0 Å². The van der Waals surface area contributed by atoms with Gasteiger partial charge in [0, 0.05) is 35.1 Å². The van der Waals surface area contributed by atoms with Crippen molar-refractivity contribution in [3.05, 3.63) is 96.3 Å². The van der Waals surface area contributed by atoms with Crippen molar-refractivity contribution < 1.29 is 13.6 Å². The Kier molecular flexibility index (Phi) is 4.51. The molecule has 0 aliphatic carbocycles. The van der Waals surface area contributed by atoms with E-state index in [2.05, 4.69) is 17.0 Å². The third-order valence-corrected chi connectivity index (χ3v) is 5.04. The lowest BCUT2D eigenvalue weighted by molar-refractivity contribution is 0.384. The zero-order chi connectivity index (χ0) is 17.9. The van der Waals surface area contributed by atoms with Crippen LogP contribution in [0.15, 0.2) is 85.1 Å². The smallest absolute Gasteiger partial charge is 0.418 e. The average molecular weight is 363 g/mol. The number of para-hydroxylation sites is 3. The van der Waals surface area contributed by atoms with Crippen LogP contribution >= 0.6 is 8.25 Å². The summed E-state index contributed by atoms with van der Waals surface area (Å²) in [5.74, 6) is 0.527.